The van der Waals surface area contributed by atoms with Gasteiger partial charge >= 0.3 is 5.97 Å². The van der Waals surface area contributed by atoms with Crippen LogP contribution in [0.5, 0.6) is 0 Å². The van der Waals surface area contributed by atoms with E-state index in [-0.39, 0.29) is 0 Å². The van der Waals surface area contributed by atoms with Crippen molar-refractivity contribution in [1.82, 2.24) is 5.06 Å². The van der Waals surface area contributed by atoms with E-state index in [1.807, 2.05) is 12.2 Å². The van der Waals surface area contributed by atoms with Crippen LogP contribution in [-0.2, 0) is 9.63 Å². The van der Waals surface area contributed by atoms with Gasteiger partial charge in [0.15, 0.2) is 0 Å². The van der Waals surface area contributed by atoms with E-state index in [1.165, 1.54) is 12.0 Å². The molecule has 1 aliphatic rings. The fourth-order valence-electron chi connectivity index (χ4n) is 0.880. The standard InChI is InChI=1S/C9H14N2O3/c1-7(12)8(10)9(13)14-11-5-3-2-4-6-11/h3-8,12H,2,10H2,1H3/t7-,8+/m1/s1. The van der Waals surface area contributed by atoms with Gasteiger partial charge in [0.05, 0.1) is 6.10 Å². The Morgan fingerprint density at radius 2 is 2.14 bits per heavy atom. The van der Waals surface area contributed by atoms with Gasteiger partial charge in [0.2, 0.25) is 0 Å². The molecule has 0 amide bonds. The van der Waals surface area contributed by atoms with Gasteiger partial charge in [0.1, 0.15) is 6.04 Å². The van der Waals surface area contributed by atoms with Crippen LogP contribution in [0.2, 0.25) is 0 Å². The summed E-state index contributed by atoms with van der Waals surface area (Å²) in [5, 5.41) is 10.3. The Kier molecular flexibility index (Phi) is 3.67. The number of nitrogens with zero attached hydrogens (tertiary/aromatic N) is 1. The number of allylic oxidation sites excluding steroid dienone is 2. The number of hydroxylamine groups is 2. The van der Waals surface area contributed by atoms with Gasteiger partial charge in [-0.15, -0.1) is 0 Å². The Balaban J connectivity index is 2.43. The van der Waals surface area contributed by atoms with Crippen LogP contribution in [0, 0.1) is 0 Å². The third-order valence-electron chi connectivity index (χ3n) is 1.76. The summed E-state index contributed by atoms with van der Waals surface area (Å²) in [6, 6.07) is -1.02. The number of hydrogen-bond acceptors (Lipinski definition) is 5. The van der Waals surface area contributed by atoms with E-state index in [1.54, 1.807) is 12.4 Å². The van der Waals surface area contributed by atoms with Crippen molar-refractivity contribution in [1.29, 1.82) is 0 Å². The third kappa shape index (κ3) is 2.86. The maximum atomic E-state index is 11.2. The quantitative estimate of drug-likeness (QED) is 0.661. The number of carbonyl (C=O) groups excluding carboxylic acids is 1. The minimum Gasteiger partial charge on any atom is -0.391 e. The maximum Gasteiger partial charge on any atom is 0.352 e. The highest BCUT2D eigenvalue weighted by atomic mass is 16.7. The van der Waals surface area contributed by atoms with Crippen molar-refractivity contribution in [2.45, 2.75) is 25.5 Å². The molecule has 5 heteroatoms. The van der Waals surface area contributed by atoms with Gasteiger partial charge in [-0.2, -0.15) is 5.06 Å². The van der Waals surface area contributed by atoms with Crippen molar-refractivity contribution < 1.29 is 14.7 Å². The molecule has 0 saturated heterocycles. The molecule has 0 bridgehead atoms. The molecule has 14 heavy (non-hydrogen) atoms. The number of carbonyl (C=O) groups is 1. The van der Waals surface area contributed by atoms with E-state index in [0.717, 1.165) is 6.42 Å². The zero-order chi connectivity index (χ0) is 10.6. The van der Waals surface area contributed by atoms with Gasteiger partial charge in [-0.25, -0.2) is 4.79 Å². The van der Waals surface area contributed by atoms with Crippen molar-refractivity contribution in [2.75, 3.05) is 0 Å². The van der Waals surface area contributed by atoms with Gasteiger partial charge in [-0.3, -0.25) is 0 Å². The van der Waals surface area contributed by atoms with E-state index in [2.05, 4.69) is 0 Å². The largest absolute Gasteiger partial charge is 0.391 e. The first kappa shape index (κ1) is 10.7. The van der Waals surface area contributed by atoms with Gasteiger partial charge < -0.3 is 15.7 Å². The van der Waals surface area contributed by atoms with Crippen LogP contribution < -0.4 is 5.73 Å². The average Bonchev–Trinajstić information content (AvgIpc) is 2.18. The van der Waals surface area contributed by atoms with Crippen LogP contribution in [0.4, 0.5) is 0 Å². The number of nitrogens with two attached hydrogens (primary N) is 1. The molecule has 1 aliphatic heterocycles. The SMILES string of the molecule is C[C@@H](O)[C@H](N)C(=O)ON1C=CCC=C1. The Morgan fingerprint density at radius 1 is 1.57 bits per heavy atom. The molecular weight excluding hydrogens is 184 g/mol. The van der Waals surface area contributed by atoms with Gasteiger partial charge in [-0.05, 0) is 13.3 Å². The highest BCUT2D eigenvalue weighted by molar-refractivity contribution is 5.76. The Labute approximate surface area is 82.4 Å². The summed E-state index contributed by atoms with van der Waals surface area (Å²) in [5.41, 5.74) is 5.38. The molecule has 0 fully saturated rings. The molecule has 1 rings (SSSR count). The molecule has 1 heterocycles. The lowest BCUT2D eigenvalue weighted by molar-refractivity contribution is -0.173. The summed E-state index contributed by atoms with van der Waals surface area (Å²) in [4.78, 5) is 16.1. The molecule has 78 valence electrons. The van der Waals surface area contributed by atoms with Crippen molar-refractivity contribution in [3.8, 4) is 0 Å². The minimum atomic E-state index is -1.02. The zero-order valence-corrected chi connectivity index (χ0v) is 7.96. The van der Waals surface area contributed by atoms with E-state index in [4.69, 9.17) is 15.7 Å². The van der Waals surface area contributed by atoms with E-state index in [0.29, 0.717) is 0 Å². The van der Waals surface area contributed by atoms with Gasteiger partial charge in [0.25, 0.3) is 0 Å². The second-order valence-electron chi connectivity index (χ2n) is 3.04. The maximum absolute atomic E-state index is 11.2. The molecular formula is C9H14N2O3. The first-order chi connectivity index (χ1) is 6.61. The molecule has 0 aromatic carbocycles. The molecule has 0 saturated carbocycles. The average molecular weight is 198 g/mol. The van der Waals surface area contributed by atoms with Crippen LogP contribution in [0.15, 0.2) is 24.6 Å². The smallest absolute Gasteiger partial charge is 0.352 e. The van der Waals surface area contributed by atoms with Gasteiger partial charge in [0, 0.05) is 12.4 Å². The third-order valence-corrected chi connectivity index (χ3v) is 1.76. The molecule has 0 aromatic rings. The first-order valence-corrected chi connectivity index (χ1v) is 4.38. The second-order valence-corrected chi connectivity index (χ2v) is 3.04. The highest BCUT2D eigenvalue weighted by Crippen LogP contribution is 2.04. The second kappa shape index (κ2) is 4.78. The van der Waals surface area contributed by atoms with Gasteiger partial charge in [-0.1, -0.05) is 12.2 Å². The van der Waals surface area contributed by atoms with E-state index in [9.17, 15) is 4.79 Å². The van der Waals surface area contributed by atoms with Crippen LogP contribution in [0.25, 0.3) is 0 Å². The summed E-state index contributed by atoms with van der Waals surface area (Å²) in [5.74, 6) is -0.656. The zero-order valence-electron chi connectivity index (χ0n) is 7.96. The monoisotopic (exact) mass is 198 g/mol. The summed E-state index contributed by atoms with van der Waals surface area (Å²) in [6.07, 6.45) is 6.80. The summed E-state index contributed by atoms with van der Waals surface area (Å²) >= 11 is 0. The summed E-state index contributed by atoms with van der Waals surface area (Å²) in [6.45, 7) is 1.44. The number of rotatable bonds is 3. The highest BCUT2D eigenvalue weighted by Gasteiger charge is 2.22. The van der Waals surface area contributed by atoms with Crippen molar-refractivity contribution >= 4 is 5.97 Å². The molecule has 0 radical (unpaired) electrons. The lowest BCUT2D eigenvalue weighted by Crippen LogP contribution is -2.43. The lowest BCUT2D eigenvalue weighted by atomic mass is 10.2. The van der Waals surface area contributed by atoms with E-state index >= 15 is 0 Å². The predicted octanol–water partition coefficient (Wildman–Crippen LogP) is -0.114. The molecule has 5 nitrogen and oxygen atoms in total. The Morgan fingerprint density at radius 3 is 2.64 bits per heavy atom. The van der Waals surface area contributed by atoms with Crippen LogP contribution in [0.1, 0.15) is 13.3 Å². The van der Waals surface area contributed by atoms with Crippen molar-refractivity contribution in [3.05, 3.63) is 24.6 Å². The molecule has 2 atom stereocenters. The number of hydrogen-bond donors (Lipinski definition) is 2. The summed E-state index contributed by atoms with van der Waals surface area (Å²) < 4.78 is 0. The first-order valence-electron chi connectivity index (χ1n) is 4.38. The predicted molar refractivity (Wildman–Crippen MR) is 50.5 cm³/mol. The summed E-state index contributed by atoms with van der Waals surface area (Å²) in [7, 11) is 0. The molecule has 0 spiro atoms. The number of aliphatic hydroxyl groups is 1. The number of aliphatic hydroxyl groups excluding tert-OH is 1. The van der Waals surface area contributed by atoms with Crippen LogP contribution >= 0.6 is 0 Å². The topological polar surface area (TPSA) is 75.8 Å². The van der Waals surface area contributed by atoms with E-state index < -0.39 is 18.1 Å². The fraction of sp³-hybridized carbons (Fsp3) is 0.444. The van der Waals surface area contributed by atoms with Crippen LogP contribution in [-0.4, -0.2) is 28.3 Å². The normalized spacial score (nSPS) is 19.2. The lowest BCUT2D eigenvalue weighted by Gasteiger charge is -2.20. The van der Waals surface area contributed by atoms with Crippen molar-refractivity contribution in [2.24, 2.45) is 5.73 Å². The Bertz CT molecular complexity index is 249. The minimum absolute atomic E-state index is 0.656. The molecule has 0 unspecified atom stereocenters. The van der Waals surface area contributed by atoms with Crippen LogP contribution in [0.3, 0.4) is 0 Å². The molecule has 3 N–H and O–H groups in total. The van der Waals surface area contributed by atoms with Crippen molar-refractivity contribution in [3.63, 3.8) is 0 Å². The fourth-order valence-corrected chi connectivity index (χ4v) is 0.880. The Hall–Kier alpha value is -1.33. The molecule has 0 aliphatic carbocycles. The molecule has 0 aromatic heterocycles.